The molecule has 0 rings (SSSR count). The Morgan fingerprint density at radius 3 is 1.84 bits per heavy atom. The zero-order chi connectivity index (χ0) is 41.2. The maximum atomic E-state index is 12.5. The molecule has 0 saturated carbocycles. The second-order valence-electron chi connectivity index (χ2n) is 13.0. The van der Waals surface area contributed by atoms with Crippen LogP contribution in [0.5, 0.6) is 0 Å². The number of nitrogens with two attached hydrogens (primary N) is 1. The van der Waals surface area contributed by atoms with E-state index in [1.54, 1.807) is 6.08 Å². The summed E-state index contributed by atoms with van der Waals surface area (Å²) in [5.74, 6) is -1.02. The summed E-state index contributed by atoms with van der Waals surface area (Å²) in [5.41, 5.74) is 5.33. The second-order valence-corrected chi connectivity index (χ2v) is 14.4. The van der Waals surface area contributed by atoms with Gasteiger partial charge in [-0.25, -0.2) is 4.57 Å². The maximum Gasteiger partial charge on any atom is 0.472 e. The fourth-order valence-corrected chi connectivity index (χ4v) is 5.45. The van der Waals surface area contributed by atoms with Gasteiger partial charge in [0.2, 0.25) is 0 Å². The lowest BCUT2D eigenvalue weighted by Crippen LogP contribution is -2.29. The van der Waals surface area contributed by atoms with Crippen molar-refractivity contribution in [2.75, 3.05) is 26.4 Å². The molecule has 3 atom stereocenters. The van der Waals surface area contributed by atoms with E-state index in [1.165, 1.54) is 19.3 Å². The number of unbranched alkanes of at least 4 members (excludes halogenated alkanes) is 5. The molecule has 0 spiro atoms. The zero-order valence-electron chi connectivity index (χ0n) is 34.2. The third kappa shape index (κ3) is 38.9. The highest BCUT2D eigenvalue weighted by Gasteiger charge is 2.25. The van der Waals surface area contributed by atoms with Crippen LogP contribution in [0, 0.1) is 0 Å². The van der Waals surface area contributed by atoms with Crippen molar-refractivity contribution in [1.82, 2.24) is 0 Å². The molecule has 0 saturated heterocycles. The minimum Gasteiger partial charge on any atom is -0.462 e. The van der Waals surface area contributed by atoms with Gasteiger partial charge < -0.3 is 25.2 Å². The van der Waals surface area contributed by atoms with E-state index in [2.05, 4.69) is 68.5 Å². The molecule has 0 radical (unpaired) electrons. The molecule has 10 nitrogen and oxygen atoms in total. The first kappa shape index (κ1) is 52.6. The molecule has 11 heteroatoms. The minimum atomic E-state index is -4.42. The molecule has 0 heterocycles. The van der Waals surface area contributed by atoms with Crippen LogP contribution in [0.2, 0.25) is 0 Å². The molecule has 56 heavy (non-hydrogen) atoms. The van der Waals surface area contributed by atoms with Crippen LogP contribution < -0.4 is 5.73 Å². The van der Waals surface area contributed by atoms with E-state index in [0.717, 1.165) is 51.4 Å². The SMILES string of the molecule is CC/C=C\C/C=C\CC(O)/C=C/C=C\C/C=C\C/C=C\CCC(=O)OC[C@H](COP(=O)(O)OCCN)OC(=O)CCCC/C=C\C/C=C\C/C=C\CCCCC. The van der Waals surface area contributed by atoms with Crippen molar-refractivity contribution < 1.29 is 42.7 Å². The summed E-state index contributed by atoms with van der Waals surface area (Å²) in [4.78, 5) is 34.8. The predicted octanol–water partition coefficient (Wildman–Crippen LogP) is 10.6. The highest BCUT2D eigenvalue weighted by atomic mass is 31.2. The summed E-state index contributed by atoms with van der Waals surface area (Å²) in [5, 5.41) is 9.99. The van der Waals surface area contributed by atoms with Gasteiger partial charge in [-0.2, -0.15) is 0 Å². The third-order valence-corrected chi connectivity index (χ3v) is 8.72. The van der Waals surface area contributed by atoms with E-state index in [-0.39, 0.29) is 32.6 Å². The number of ether oxygens (including phenoxy) is 2. The Morgan fingerprint density at radius 1 is 0.643 bits per heavy atom. The molecule has 0 aromatic heterocycles. The van der Waals surface area contributed by atoms with Gasteiger partial charge in [0.25, 0.3) is 0 Å². The lowest BCUT2D eigenvalue weighted by atomic mass is 10.1. The molecule has 0 aliphatic rings. The Hall–Kier alpha value is -3.37. The number of carbonyl (C=O) groups excluding carboxylic acids is 2. The van der Waals surface area contributed by atoms with Crippen LogP contribution in [0.25, 0.3) is 0 Å². The Balaban J connectivity index is 4.46. The standard InChI is InChI=1S/C45H72NO9P/c1-3-5-7-9-11-12-13-14-15-16-17-22-25-29-33-37-45(49)55-43(41-54-56(50,51)53-39-38-46)40-52-44(48)36-32-28-24-21-19-18-20-23-27-31-35-42(47)34-30-26-10-8-6-4-2/h6,8,11-12,14-15,17-19,22-24,26-28,30-31,35,42-43,47H,3-5,7,9-10,13,16,20-21,25,29,32-34,36-41,46H2,1-2H3,(H,50,51)/b8-6-,12-11-,15-14-,19-18-,22-17-,27-23-,28-24-,30-26-,35-31+/t42?,43-/m1/s1. The van der Waals surface area contributed by atoms with Gasteiger partial charge in [0.15, 0.2) is 6.10 Å². The topological polar surface area (TPSA) is 155 Å². The van der Waals surface area contributed by atoms with Gasteiger partial charge in [-0.1, -0.05) is 136 Å². The fraction of sp³-hybridized carbons (Fsp3) is 0.556. The fourth-order valence-electron chi connectivity index (χ4n) is 4.69. The Morgan fingerprint density at radius 2 is 1.21 bits per heavy atom. The molecule has 4 N–H and O–H groups in total. The summed E-state index contributed by atoms with van der Waals surface area (Å²) in [6.45, 7) is 3.33. The molecule has 0 aromatic rings. The number of aliphatic hydroxyl groups excluding tert-OH is 1. The highest BCUT2D eigenvalue weighted by molar-refractivity contribution is 7.47. The molecule has 0 amide bonds. The van der Waals surface area contributed by atoms with E-state index < -0.39 is 38.6 Å². The van der Waals surface area contributed by atoms with Crippen LogP contribution in [0.1, 0.15) is 123 Å². The normalized spacial score (nSPS) is 15.0. The molecule has 2 unspecified atom stereocenters. The Labute approximate surface area is 338 Å². The van der Waals surface area contributed by atoms with Crippen molar-refractivity contribution in [2.24, 2.45) is 5.73 Å². The number of hydrogen-bond acceptors (Lipinski definition) is 9. The Kier molecular flexibility index (Phi) is 37.5. The average molecular weight is 802 g/mol. The molecular weight excluding hydrogens is 729 g/mol. The van der Waals surface area contributed by atoms with Crippen molar-refractivity contribution in [3.63, 3.8) is 0 Å². The van der Waals surface area contributed by atoms with Crippen LogP contribution >= 0.6 is 7.82 Å². The first-order chi connectivity index (χ1) is 27.2. The second kappa shape index (κ2) is 39.8. The zero-order valence-corrected chi connectivity index (χ0v) is 35.1. The molecule has 316 valence electrons. The highest BCUT2D eigenvalue weighted by Crippen LogP contribution is 2.43. The van der Waals surface area contributed by atoms with Crippen molar-refractivity contribution >= 4 is 19.8 Å². The van der Waals surface area contributed by atoms with E-state index >= 15 is 0 Å². The summed E-state index contributed by atoms with van der Waals surface area (Å²) in [7, 11) is -4.42. The van der Waals surface area contributed by atoms with E-state index in [4.69, 9.17) is 24.3 Å². The molecule has 0 fully saturated rings. The van der Waals surface area contributed by atoms with Gasteiger partial charge >= 0.3 is 19.8 Å². The van der Waals surface area contributed by atoms with Crippen molar-refractivity contribution in [3.8, 4) is 0 Å². The van der Waals surface area contributed by atoms with E-state index in [0.29, 0.717) is 25.7 Å². The minimum absolute atomic E-state index is 0.0235. The summed E-state index contributed by atoms with van der Waals surface area (Å²) in [6.07, 6.45) is 48.8. The lowest BCUT2D eigenvalue weighted by Gasteiger charge is -2.19. The number of allylic oxidation sites excluding steroid dienone is 16. The number of carbonyl (C=O) groups is 2. The van der Waals surface area contributed by atoms with Gasteiger partial charge in [0.05, 0.1) is 19.3 Å². The van der Waals surface area contributed by atoms with Crippen LogP contribution in [0.4, 0.5) is 0 Å². The van der Waals surface area contributed by atoms with Crippen molar-refractivity contribution in [1.29, 1.82) is 0 Å². The molecule has 0 aliphatic carbocycles. The van der Waals surface area contributed by atoms with E-state index in [9.17, 15) is 24.2 Å². The first-order valence-electron chi connectivity index (χ1n) is 20.5. The number of aliphatic hydroxyl groups is 1. The quantitative estimate of drug-likeness (QED) is 0.0183. The molecule has 0 aromatic carbocycles. The van der Waals surface area contributed by atoms with Gasteiger partial charge in [-0.05, 0) is 83.5 Å². The third-order valence-electron chi connectivity index (χ3n) is 7.74. The molecule has 0 bridgehead atoms. The van der Waals surface area contributed by atoms with Crippen molar-refractivity contribution in [2.45, 2.75) is 135 Å². The summed E-state index contributed by atoms with van der Waals surface area (Å²) < 4.78 is 32.6. The van der Waals surface area contributed by atoms with Crippen LogP contribution in [0.15, 0.2) is 109 Å². The van der Waals surface area contributed by atoms with Crippen LogP contribution in [-0.4, -0.2) is 60.5 Å². The number of esters is 2. The van der Waals surface area contributed by atoms with Crippen LogP contribution in [0.3, 0.4) is 0 Å². The van der Waals surface area contributed by atoms with Gasteiger partial charge in [0.1, 0.15) is 6.61 Å². The van der Waals surface area contributed by atoms with Gasteiger partial charge in [0, 0.05) is 19.4 Å². The smallest absolute Gasteiger partial charge is 0.462 e. The van der Waals surface area contributed by atoms with Gasteiger partial charge in [-0.3, -0.25) is 18.6 Å². The number of rotatable bonds is 36. The van der Waals surface area contributed by atoms with Crippen molar-refractivity contribution in [3.05, 3.63) is 109 Å². The summed E-state index contributed by atoms with van der Waals surface area (Å²) in [6, 6.07) is 0. The molecular formula is C45H72NO9P. The number of phosphoric acid groups is 1. The molecule has 0 aliphatic heterocycles. The van der Waals surface area contributed by atoms with E-state index in [1.807, 2.05) is 48.6 Å². The number of phosphoric ester groups is 1. The lowest BCUT2D eigenvalue weighted by molar-refractivity contribution is -0.161. The average Bonchev–Trinajstić information content (AvgIpc) is 3.18. The first-order valence-corrected chi connectivity index (χ1v) is 22.0. The Bertz CT molecular complexity index is 1300. The monoisotopic (exact) mass is 801 g/mol. The number of hydrogen-bond donors (Lipinski definition) is 3. The largest absolute Gasteiger partial charge is 0.472 e. The summed E-state index contributed by atoms with van der Waals surface area (Å²) >= 11 is 0. The van der Waals surface area contributed by atoms with Crippen LogP contribution in [-0.2, 0) is 32.7 Å². The van der Waals surface area contributed by atoms with Gasteiger partial charge in [-0.15, -0.1) is 0 Å². The predicted molar refractivity (Wildman–Crippen MR) is 230 cm³/mol. The maximum absolute atomic E-state index is 12.5.